The first-order valence-electron chi connectivity index (χ1n) is 10.9. The van der Waals surface area contributed by atoms with E-state index >= 15 is 0 Å². The van der Waals surface area contributed by atoms with Crippen molar-refractivity contribution in [1.82, 2.24) is 14.5 Å². The second kappa shape index (κ2) is 8.36. The monoisotopic (exact) mass is 479 g/mol. The minimum Gasteiger partial charge on any atom is -0.378 e. The number of hydrogen-bond acceptors (Lipinski definition) is 8. The summed E-state index contributed by atoms with van der Waals surface area (Å²) in [7, 11) is 0. The molecule has 1 saturated heterocycles. The maximum Gasteiger partial charge on any atom is 0.349 e. The standard InChI is InChI=1S/C23H21N5O3S2/c29-18(27-8-7-15-4-1-2-5-16(15)27)14-28-21-20(19(24-22(28)30)17-6-3-13-32-17)25-23(33-21)26-9-11-31-12-10-26/h1-6,13H,7-12,14H2. The van der Waals surface area contributed by atoms with Crippen molar-refractivity contribution in [2.75, 3.05) is 42.6 Å². The van der Waals surface area contributed by atoms with Gasteiger partial charge < -0.3 is 14.5 Å². The van der Waals surface area contributed by atoms with Crippen molar-refractivity contribution < 1.29 is 9.53 Å². The smallest absolute Gasteiger partial charge is 0.349 e. The Morgan fingerprint density at radius 1 is 1.06 bits per heavy atom. The summed E-state index contributed by atoms with van der Waals surface area (Å²) in [5, 5.41) is 2.78. The lowest BCUT2D eigenvalue weighted by molar-refractivity contribution is -0.119. The molecule has 8 nitrogen and oxygen atoms in total. The molecule has 3 aromatic heterocycles. The number of benzene rings is 1. The summed E-state index contributed by atoms with van der Waals surface area (Å²) in [4.78, 5) is 41.2. The minimum absolute atomic E-state index is 0.0634. The molecule has 6 rings (SSSR count). The van der Waals surface area contributed by atoms with Crippen molar-refractivity contribution in [2.45, 2.75) is 13.0 Å². The van der Waals surface area contributed by atoms with Gasteiger partial charge in [0.15, 0.2) is 5.13 Å². The van der Waals surface area contributed by atoms with Gasteiger partial charge in [0, 0.05) is 25.3 Å². The summed E-state index contributed by atoms with van der Waals surface area (Å²) in [6.07, 6.45) is 0.823. The normalized spacial score (nSPS) is 15.9. The van der Waals surface area contributed by atoms with E-state index in [9.17, 15) is 9.59 Å². The molecule has 1 aromatic carbocycles. The van der Waals surface area contributed by atoms with Crippen LogP contribution in [0.3, 0.4) is 0 Å². The van der Waals surface area contributed by atoms with Crippen molar-refractivity contribution in [1.29, 1.82) is 0 Å². The van der Waals surface area contributed by atoms with Crippen LogP contribution in [0.1, 0.15) is 5.56 Å². The van der Waals surface area contributed by atoms with Gasteiger partial charge in [0.05, 0.1) is 18.1 Å². The van der Waals surface area contributed by atoms with Crippen molar-refractivity contribution >= 4 is 49.7 Å². The molecular formula is C23H21N5O3S2. The number of carbonyl (C=O) groups is 1. The van der Waals surface area contributed by atoms with Crippen LogP contribution in [0.5, 0.6) is 0 Å². The third-order valence-electron chi connectivity index (χ3n) is 6.02. The summed E-state index contributed by atoms with van der Waals surface area (Å²) >= 11 is 2.96. The topological polar surface area (TPSA) is 80.6 Å². The molecular weight excluding hydrogens is 458 g/mol. The van der Waals surface area contributed by atoms with Gasteiger partial charge in [-0.25, -0.2) is 9.78 Å². The van der Waals surface area contributed by atoms with Gasteiger partial charge in [0.1, 0.15) is 22.6 Å². The fourth-order valence-corrected chi connectivity index (χ4v) is 6.19. The third-order valence-corrected chi connectivity index (χ3v) is 8.04. The highest BCUT2D eigenvalue weighted by molar-refractivity contribution is 7.22. The van der Waals surface area contributed by atoms with Crippen molar-refractivity contribution in [3.8, 4) is 10.6 Å². The van der Waals surface area contributed by atoms with Crippen molar-refractivity contribution in [2.24, 2.45) is 0 Å². The molecule has 0 N–H and O–H groups in total. The van der Waals surface area contributed by atoms with Gasteiger partial charge in [0.25, 0.3) is 0 Å². The number of thiazole rings is 1. The Morgan fingerprint density at radius 2 is 1.91 bits per heavy atom. The van der Waals surface area contributed by atoms with Gasteiger partial charge in [-0.05, 0) is 29.5 Å². The first kappa shape index (κ1) is 20.5. The number of thiophene rings is 1. The number of ether oxygens (including phenoxy) is 1. The lowest BCUT2D eigenvalue weighted by Gasteiger charge is -2.25. The van der Waals surface area contributed by atoms with E-state index in [1.807, 2.05) is 41.8 Å². The van der Waals surface area contributed by atoms with Gasteiger partial charge in [-0.1, -0.05) is 35.6 Å². The number of aromatic nitrogens is 3. The molecule has 0 radical (unpaired) electrons. The molecule has 5 heterocycles. The maximum absolute atomic E-state index is 13.3. The van der Waals surface area contributed by atoms with Gasteiger partial charge >= 0.3 is 5.69 Å². The third kappa shape index (κ3) is 3.64. The van der Waals surface area contributed by atoms with E-state index in [-0.39, 0.29) is 12.5 Å². The van der Waals surface area contributed by atoms with E-state index in [1.54, 1.807) is 4.90 Å². The second-order valence-electron chi connectivity index (χ2n) is 7.98. The summed E-state index contributed by atoms with van der Waals surface area (Å²) < 4.78 is 6.96. The van der Waals surface area contributed by atoms with Gasteiger partial charge in [0.2, 0.25) is 5.91 Å². The van der Waals surface area contributed by atoms with Crippen LogP contribution in [0, 0.1) is 0 Å². The molecule has 0 saturated carbocycles. The minimum atomic E-state index is -0.427. The first-order chi connectivity index (χ1) is 16.2. The van der Waals surface area contributed by atoms with E-state index in [1.165, 1.54) is 27.2 Å². The number of anilines is 2. The zero-order chi connectivity index (χ0) is 22.4. The summed E-state index contributed by atoms with van der Waals surface area (Å²) in [6, 6.07) is 11.8. The molecule has 1 amide bonds. The Hall–Kier alpha value is -3.08. The molecule has 1 fully saturated rings. The average molecular weight is 480 g/mol. The highest BCUT2D eigenvalue weighted by Crippen LogP contribution is 2.35. The van der Waals surface area contributed by atoms with Crippen LogP contribution in [-0.4, -0.2) is 53.3 Å². The molecule has 2 aliphatic rings. The Bertz CT molecular complexity index is 1390. The molecule has 10 heteroatoms. The van der Waals surface area contributed by atoms with Gasteiger partial charge in [-0.15, -0.1) is 11.3 Å². The van der Waals surface area contributed by atoms with Gasteiger partial charge in [-0.2, -0.15) is 4.98 Å². The summed E-state index contributed by atoms with van der Waals surface area (Å²) in [5.41, 5.74) is 2.90. The Morgan fingerprint density at radius 3 is 2.73 bits per heavy atom. The lowest BCUT2D eigenvalue weighted by atomic mass is 10.2. The van der Waals surface area contributed by atoms with E-state index in [4.69, 9.17) is 9.72 Å². The van der Waals surface area contributed by atoms with Gasteiger partial charge in [-0.3, -0.25) is 9.36 Å². The van der Waals surface area contributed by atoms with Crippen LogP contribution < -0.4 is 15.5 Å². The highest BCUT2D eigenvalue weighted by atomic mass is 32.1. The number of nitrogens with zero attached hydrogens (tertiary/aromatic N) is 5. The zero-order valence-corrected chi connectivity index (χ0v) is 19.4. The van der Waals surface area contributed by atoms with E-state index in [2.05, 4.69) is 9.88 Å². The quantitative estimate of drug-likeness (QED) is 0.448. The Kier molecular flexibility index (Phi) is 5.20. The number of para-hydroxylation sites is 1. The molecule has 33 heavy (non-hydrogen) atoms. The average Bonchev–Trinajstić information content (AvgIpc) is 3.60. The van der Waals surface area contributed by atoms with Crippen LogP contribution in [0.4, 0.5) is 10.8 Å². The molecule has 0 aliphatic carbocycles. The number of hydrogen-bond donors (Lipinski definition) is 0. The second-order valence-corrected chi connectivity index (χ2v) is 9.88. The molecule has 2 aliphatic heterocycles. The molecule has 0 bridgehead atoms. The Balaban J connectivity index is 1.43. The highest BCUT2D eigenvalue weighted by Gasteiger charge is 2.27. The first-order valence-corrected chi connectivity index (χ1v) is 12.5. The van der Waals surface area contributed by atoms with Crippen LogP contribution in [0.2, 0.25) is 0 Å². The molecule has 168 valence electrons. The van der Waals surface area contributed by atoms with Crippen LogP contribution >= 0.6 is 22.7 Å². The predicted octanol–water partition coefficient (Wildman–Crippen LogP) is 3.01. The maximum atomic E-state index is 13.3. The van der Waals surface area contributed by atoms with Crippen LogP contribution in [0.15, 0.2) is 46.6 Å². The predicted molar refractivity (Wildman–Crippen MR) is 131 cm³/mol. The number of morpholine rings is 1. The number of fused-ring (bicyclic) bond motifs is 2. The molecule has 0 atom stereocenters. The fourth-order valence-electron chi connectivity index (χ4n) is 4.37. The summed E-state index contributed by atoms with van der Waals surface area (Å²) in [6.45, 7) is 3.34. The number of carbonyl (C=O) groups excluding carboxylic acids is 1. The zero-order valence-electron chi connectivity index (χ0n) is 17.8. The van der Waals surface area contributed by atoms with E-state index < -0.39 is 5.69 Å². The van der Waals surface area contributed by atoms with Crippen molar-refractivity contribution in [3.05, 3.63) is 57.8 Å². The van der Waals surface area contributed by atoms with E-state index in [0.29, 0.717) is 35.8 Å². The van der Waals surface area contributed by atoms with Crippen molar-refractivity contribution in [3.63, 3.8) is 0 Å². The van der Waals surface area contributed by atoms with Crippen LogP contribution in [-0.2, 0) is 22.5 Å². The van der Waals surface area contributed by atoms with Crippen LogP contribution in [0.25, 0.3) is 20.9 Å². The molecule has 4 aromatic rings. The lowest BCUT2D eigenvalue weighted by Crippen LogP contribution is -2.36. The summed E-state index contributed by atoms with van der Waals surface area (Å²) in [5.74, 6) is -0.115. The Labute approximate surface area is 197 Å². The van der Waals surface area contributed by atoms with E-state index in [0.717, 1.165) is 40.8 Å². The number of amides is 1. The fraction of sp³-hybridized carbons (Fsp3) is 0.304. The molecule has 0 unspecified atom stereocenters. The molecule has 0 spiro atoms. The largest absolute Gasteiger partial charge is 0.378 e. The number of rotatable bonds is 4. The SMILES string of the molecule is O=C(Cn1c(=O)nc(-c2cccs2)c2nc(N3CCOCC3)sc21)N1CCc2ccccc21.